The third-order valence-corrected chi connectivity index (χ3v) is 3.84. The molecule has 0 aromatic heterocycles. The number of carbonyl (C=O) groups is 1. The van der Waals surface area contributed by atoms with Crippen LogP contribution in [0.1, 0.15) is 30.9 Å². The van der Waals surface area contributed by atoms with Gasteiger partial charge in [0.25, 0.3) is 0 Å². The van der Waals surface area contributed by atoms with E-state index in [1.807, 2.05) is 11.0 Å². The van der Waals surface area contributed by atoms with Crippen molar-refractivity contribution in [3.8, 4) is 0 Å². The topological polar surface area (TPSA) is 23.6 Å². The van der Waals surface area contributed by atoms with E-state index in [1.54, 1.807) is 6.08 Å². The molecule has 0 bridgehead atoms. The van der Waals surface area contributed by atoms with Gasteiger partial charge in [0, 0.05) is 32.3 Å². The molecule has 0 atom stereocenters. The summed E-state index contributed by atoms with van der Waals surface area (Å²) in [6, 6.07) is 8.40. The molecule has 3 heteroatoms. The number of likely N-dealkylation sites (N-methyl/N-ethyl adjacent to an activating group) is 1. The van der Waals surface area contributed by atoms with Gasteiger partial charge >= 0.3 is 0 Å². The van der Waals surface area contributed by atoms with Crippen molar-refractivity contribution in [2.24, 2.45) is 0 Å². The van der Waals surface area contributed by atoms with Crippen LogP contribution >= 0.6 is 0 Å². The molecule has 1 aliphatic heterocycles. The number of hydrogen-bond acceptors (Lipinski definition) is 2. The number of hydrogen-bond donors (Lipinski definition) is 0. The number of rotatable bonds is 3. The fourth-order valence-corrected chi connectivity index (χ4v) is 2.29. The third kappa shape index (κ3) is 3.94. The number of amides is 1. The summed E-state index contributed by atoms with van der Waals surface area (Å²) in [6.45, 7) is 7.94. The second-order valence-corrected chi connectivity index (χ2v) is 5.78. The van der Waals surface area contributed by atoms with Gasteiger partial charge in [0.1, 0.15) is 0 Å². The predicted molar refractivity (Wildman–Crippen MR) is 83.6 cm³/mol. The Kier molecular flexibility index (Phi) is 4.96. The summed E-state index contributed by atoms with van der Waals surface area (Å²) >= 11 is 0. The van der Waals surface area contributed by atoms with Crippen molar-refractivity contribution in [1.29, 1.82) is 0 Å². The normalized spacial score (nSPS) is 17.1. The first kappa shape index (κ1) is 14.8. The van der Waals surface area contributed by atoms with E-state index in [0.717, 1.165) is 31.7 Å². The molecule has 0 saturated carbocycles. The Morgan fingerprint density at radius 1 is 1.10 bits per heavy atom. The van der Waals surface area contributed by atoms with Crippen LogP contribution < -0.4 is 0 Å². The Bertz CT molecular complexity index is 468. The smallest absolute Gasteiger partial charge is 0.246 e. The lowest BCUT2D eigenvalue weighted by Crippen LogP contribution is -2.46. The van der Waals surface area contributed by atoms with Crippen LogP contribution in [0, 0.1) is 0 Å². The van der Waals surface area contributed by atoms with E-state index in [-0.39, 0.29) is 5.91 Å². The predicted octanol–water partition coefficient (Wildman–Crippen LogP) is 2.60. The van der Waals surface area contributed by atoms with Crippen molar-refractivity contribution in [3.05, 3.63) is 41.5 Å². The molecule has 0 N–H and O–H groups in total. The van der Waals surface area contributed by atoms with Gasteiger partial charge in [-0.3, -0.25) is 4.79 Å². The van der Waals surface area contributed by atoms with E-state index in [0.29, 0.717) is 5.92 Å². The Balaban J connectivity index is 1.93. The molecule has 1 amide bonds. The zero-order valence-electron chi connectivity index (χ0n) is 12.7. The lowest BCUT2D eigenvalue weighted by molar-refractivity contribution is -0.127. The highest BCUT2D eigenvalue weighted by atomic mass is 16.2. The van der Waals surface area contributed by atoms with Crippen molar-refractivity contribution >= 4 is 12.0 Å². The van der Waals surface area contributed by atoms with Crippen molar-refractivity contribution in [2.45, 2.75) is 19.8 Å². The van der Waals surface area contributed by atoms with Gasteiger partial charge in [-0.2, -0.15) is 0 Å². The number of piperazine rings is 1. The Morgan fingerprint density at radius 3 is 2.25 bits per heavy atom. The number of carbonyl (C=O) groups excluding carboxylic acids is 1. The summed E-state index contributed by atoms with van der Waals surface area (Å²) in [5.41, 5.74) is 2.41. The fourth-order valence-electron chi connectivity index (χ4n) is 2.29. The first-order valence-electron chi connectivity index (χ1n) is 7.32. The second-order valence-electron chi connectivity index (χ2n) is 5.78. The molecular formula is C17H24N2O. The highest BCUT2D eigenvalue weighted by Gasteiger charge is 2.16. The van der Waals surface area contributed by atoms with Crippen molar-refractivity contribution in [2.75, 3.05) is 33.2 Å². The van der Waals surface area contributed by atoms with Gasteiger partial charge in [-0.15, -0.1) is 0 Å². The summed E-state index contributed by atoms with van der Waals surface area (Å²) in [5, 5.41) is 0. The molecule has 20 heavy (non-hydrogen) atoms. The maximum absolute atomic E-state index is 12.1. The molecule has 108 valence electrons. The molecule has 1 aromatic carbocycles. The minimum Gasteiger partial charge on any atom is -0.337 e. The number of nitrogens with zero attached hydrogens (tertiary/aromatic N) is 2. The van der Waals surface area contributed by atoms with E-state index in [4.69, 9.17) is 0 Å². The van der Waals surface area contributed by atoms with E-state index < -0.39 is 0 Å². The van der Waals surface area contributed by atoms with Crippen LogP contribution in [0.4, 0.5) is 0 Å². The van der Waals surface area contributed by atoms with Crippen LogP contribution in [0.3, 0.4) is 0 Å². The molecule has 0 unspecified atom stereocenters. The molecule has 0 aliphatic carbocycles. The summed E-state index contributed by atoms with van der Waals surface area (Å²) in [6.07, 6.45) is 3.60. The van der Waals surface area contributed by atoms with Crippen LogP contribution in [0.25, 0.3) is 6.08 Å². The van der Waals surface area contributed by atoms with Gasteiger partial charge in [-0.25, -0.2) is 0 Å². The van der Waals surface area contributed by atoms with Gasteiger partial charge in [0.05, 0.1) is 0 Å². The Labute approximate surface area is 121 Å². The maximum Gasteiger partial charge on any atom is 0.246 e. The molecular weight excluding hydrogens is 248 g/mol. The van der Waals surface area contributed by atoms with Gasteiger partial charge in [-0.05, 0) is 30.2 Å². The summed E-state index contributed by atoms with van der Waals surface area (Å²) in [7, 11) is 2.09. The highest BCUT2D eigenvalue weighted by molar-refractivity contribution is 5.91. The lowest BCUT2D eigenvalue weighted by atomic mass is 10.0. The molecule has 0 radical (unpaired) electrons. The largest absolute Gasteiger partial charge is 0.337 e. The van der Waals surface area contributed by atoms with Gasteiger partial charge in [0.15, 0.2) is 0 Å². The maximum atomic E-state index is 12.1. The SMILES string of the molecule is CC(C)c1ccc(C=CC(=O)N2CCN(C)CC2)cc1. The van der Waals surface area contributed by atoms with E-state index in [2.05, 4.69) is 50.1 Å². The lowest BCUT2D eigenvalue weighted by Gasteiger charge is -2.31. The van der Waals surface area contributed by atoms with Gasteiger partial charge in [-0.1, -0.05) is 38.1 Å². The fraction of sp³-hybridized carbons (Fsp3) is 0.471. The first-order valence-corrected chi connectivity index (χ1v) is 7.32. The molecule has 2 rings (SSSR count). The summed E-state index contributed by atoms with van der Waals surface area (Å²) in [4.78, 5) is 16.2. The minimum absolute atomic E-state index is 0.117. The molecule has 1 fully saturated rings. The summed E-state index contributed by atoms with van der Waals surface area (Å²) < 4.78 is 0. The monoisotopic (exact) mass is 272 g/mol. The van der Waals surface area contributed by atoms with Crippen LogP contribution in [0.2, 0.25) is 0 Å². The molecule has 1 aromatic rings. The van der Waals surface area contributed by atoms with Gasteiger partial charge in [0.2, 0.25) is 5.91 Å². The van der Waals surface area contributed by atoms with Gasteiger partial charge < -0.3 is 9.80 Å². The number of benzene rings is 1. The molecule has 1 saturated heterocycles. The minimum atomic E-state index is 0.117. The first-order chi connectivity index (χ1) is 9.56. The average Bonchev–Trinajstić information content (AvgIpc) is 2.46. The Hall–Kier alpha value is -1.61. The Morgan fingerprint density at radius 2 is 1.70 bits per heavy atom. The van der Waals surface area contributed by atoms with Crippen LogP contribution in [-0.4, -0.2) is 48.9 Å². The third-order valence-electron chi connectivity index (χ3n) is 3.84. The van der Waals surface area contributed by atoms with Crippen molar-refractivity contribution in [3.63, 3.8) is 0 Å². The zero-order valence-corrected chi connectivity index (χ0v) is 12.7. The second kappa shape index (κ2) is 6.71. The standard InChI is InChI=1S/C17H24N2O/c1-14(2)16-7-4-15(5-8-16)6-9-17(20)19-12-10-18(3)11-13-19/h4-9,14H,10-13H2,1-3H3. The van der Waals surface area contributed by atoms with Crippen LogP contribution in [0.15, 0.2) is 30.3 Å². The molecule has 3 nitrogen and oxygen atoms in total. The zero-order chi connectivity index (χ0) is 14.5. The van der Waals surface area contributed by atoms with E-state index >= 15 is 0 Å². The average molecular weight is 272 g/mol. The molecule has 0 spiro atoms. The van der Waals surface area contributed by atoms with Crippen LogP contribution in [-0.2, 0) is 4.79 Å². The van der Waals surface area contributed by atoms with Crippen LogP contribution in [0.5, 0.6) is 0 Å². The van der Waals surface area contributed by atoms with E-state index in [9.17, 15) is 4.79 Å². The quantitative estimate of drug-likeness (QED) is 0.790. The molecule has 1 heterocycles. The van der Waals surface area contributed by atoms with Crippen molar-refractivity contribution < 1.29 is 4.79 Å². The van der Waals surface area contributed by atoms with E-state index in [1.165, 1.54) is 5.56 Å². The molecule has 1 aliphatic rings. The van der Waals surface area contributed by atoms with Crippen molar-refractivity contribution in [1.82, 2.24) is 9.80 Å². The highest BCUT2D eigenvalue weighted by Crippen LogP contribution is 2.15. The summed E-state index contributed by atoms with van der Waals surface area (Å²) in [5.74, 6) is 0.658.